The predicted octanol–water partition coefficient (Wildman–Crippen LogP) is 1.51. The standard InChI is InChI=1S/C19H28N2O3/c1-24-12-4-9-20-19(23)14-7-10-21(11-8-14)17-13-15-5-2-3-6-16(15)18(17)22/h2-3,5-6,14,17-18,22H,4,7-13H2,1H3,(H,20,23). The predicted molar refractivity (Wildman–Crippen MR) is 92.7 cm³/mol. The van der Waals surface area contributed by atoms with Gasteiger partial charge in [0.05, 0.1) is 6.10 Å². The molecule has 2 aliphatic rings. The molecule has 1 aromatic rings. The summed E-state index contributed by atoms with van der Waals surface area (Å²) in [4.78, 5) is 14.6. The first-order valence-corrected chi connectivity index (χ1v) is 8.97. The van der Waals surface area contributed by atoms with E-state index in [9.17, 15) is 9.90 Å². The number of rotatable bonds is 6. The van der Waals surface area contributed by atoms with E-state index >= 15 is 0 Å². The monoisotopic (exact) mass is 332 g/mol. The molecule has 24 heavy (non-hydrogen) atoms. The number of amides is 1. The molecule has 0 aromatic heterocycles. The normalized spacial score (nSPS) is 24.8. The van der Waals surface area contributed by atoms with Crippen molar-refractivity contribution < 1.29 is 14.6 Å². The lowest BCUT2D eigenvalue weighted by Gasteiger charge is -2.36. The van der Waals surface area contributed by atoms with Crippen LogP contribution in [0, 0.1) is 5.92 Å². The molecule has 0 radical (unpaired) electrons. The van der Waals surface area contributed by atoms with Gasteiger partial charge in [-0.2, -0.15) is 0 Å². The lowest BCUT2D eigenvalue weighted by Crippen LogP contribution is -2.46. The molecule has 1 heterocycles. The van der Waals surface area contributed by atoms with Gasteiger partial charge in [0, 0.05) is 32.2 Å². The fourth-order valence-corrected chi connectivity index (χ4v) is 3.95. The summed E-state index contributed by atoms with van der Waals surface area (Å²) in [7, 11) is 1.67. The Morgan fingerprint density at radius 2 is 2.08 bits per heavy atom. The number of likely N-dealkylation sites (tertiary alicyclic amines) is 1. The van der Waals surface area contributed by atoms with Crippen LogP contribution in [0.3, 0.4) is 0 Å². The average molecular weight is 332 g/mol. The smallest absolute Gasteiger partial charge is 0.223 e. The van der Waals surface area contributed by atoms with Gasteiger partial charge in [-0.05, 0) is 49.9 Å². The minimum Gasteiger partial charge on any atom is -0.387 e. The molecule has 3 rings (SSSR count). The highest BCUT2D eigenvalue weighted by molar-refractivity contribution is 5.78. The molecule has 1 fully saturated rings. The van der Waals surface area contributed by atoms with E-state index in [1.54, 1.807) is 7.11 Å². The first kappa shape index (κ1) is 17.4. The summed E-state index contributed by atoms with van der Waals surface area (Å²) in [5.74, 6) is 0.269. The summed E-state index contributed by atoms with van der Waals surface area (Å²) in [5, 5.41) is 13.6. The first-order valence-electron chi connectivity index (χ1n) is 8.97. The molecule has 0 bridgehead atoms. The zero-order valence-electron chi connectivity index (χ0n) is 14.4. The van der Waals surface area contributed by atoms with Gasteiger partial charge in [0.15, 0.2) is 0 Å². The van der Waals surface area contributed by atoms with Gasteiger partial charge in [0.2, 0.25) is 5.91 Å². The number of nitrogens with one attached hydrogen (secondary N) is 1. The Kier molecular flexibility index (Phi) is 5.87. The van der Waals surface area contributed by atoms with Crippen molar-refractivity contribution in [2.75, 3.05) is 33.4 Å². The zero-order valence-corrected chi connectivity index (χ0v) is 14.4. The number of fused-ring (bicyclic) bond motifs is 1. The molecule has 0 saturated carbocycles. The minimum atomic E-state index is -0.402. The van der Waals surface area contributed by atoms with Crippen LogP contribution in [0.2, 0.25) is 0 Å². The van der Waals surface area contributed by atoms with Crippen LogP contribution in [-0.4, -0.2) is 55.3 Å². The second kappa shape index (κ2) is 8.10. The zero-order chi connectivity index (χ0) is 16.9. The Labute approximate surface area is 144 Å². The molecule has 1 aliphatic carbocycles. The van der Waals surface area contributed by atoms with Crippen molar-refractivity contribution in [3.8, 4) is 0 Å². The Bertz CT molecular complexity index is 555. The molecule has 5 nitrogen and oxygen atoms in total. The molecule has 1 aliphatic heterocycles. The molecular weight excluding hydrogens is 304 g/mol. The van der Waals surface area contributed by atoms with Crippen molar-refractivity contribution in [1.82, 2.24) is 10.2 Å². The molecule has 2 unspecified atom stereocenters. The van der Waals surface area contributed by atoms with Gasteiger partial charge in [-0.3, -0.25) is 9.69 Å². The van der Waals surface area contributed by atoms with Gasteiger partial charge in [-0.25, -0.2) is 0 Å². The minimum absolute atomic E-state index is 0.102. The van der Waals surface area contributed by atoms with Crippen molar-refractivity contribution in [2.24, 2.45) is 5.92 Å². The number of aliphatic hydroxyl groups excluding tert-OH is 1. The SMILES string of the molecule is COCCCNC(=O)C1CCN(C2Cc3ccccc3C2O)CC1. The van der Waals surface area contributed by atoms with E-state index in [0.29, 0.717) is 13.2 Å². The third-order valence-electron chi connectivity index (χ3n) is 5.36. The van der Waals surface area contributed by atoms with Crippen LogP contribution in [0.1, 0.15) is 36.5 Å². The van der Waals surface area contributed by atoms with Crippen LogP contribution in [0.4, 0.5) is 0 Å². The number of carbonyl (C=O) groups is 1. The second-order valence-electron chi connectivity index (χ2n) is 6.86. The topological polar surface area (TPSA) is 61.8 Å². The highest BCUT2D eigenvalue weighted by Crippen LogP contribution is 2.35. The number of ether oxygens (including phenoxy) is 1. The Hall–Kier alpha value is -1.43. The van der Waals surface area contributed by atoms with Gasteiger partial charge in [-0.15, -0.1) is 0 Å². The van der Waals surface area contributed by atoms with E-state index in [0.717, 1.165) is 44.3 Å². The van der Waals surface area contributed by atoms with E-state index < -0.39 is 6.10 Å². The molecular formula is C19H28N2O3. The van der Waals surface area contributed by atoms with E-state index in [1.165, 1.54) is 5.56 Å². The Balaban J connectivity index is 1.47. The van der Waals surface area contributed by atoms with Gasteiger partial charge in [0.25, 0.3) is 0 Å². The number of piperidine rings is 1. The lowest BCUT2D eigenvalue weighted by molar-refractivity contribution is -0.126. The van der Waals surface area contributed by atoms with Gasteiger partial charge in [0.1, 0.15) is 0 Å². The van der Waals surface area contributed by atoms with Crippen LogP contribution >= 0.6 is 0 Å². The molecule has 2 atom stereocenters. The van der Waals surface area contributed by atoms with E-state index in [1.807, 2.05) is 18.2 Å². The van der Waals surface area contributed by atoms with Crippen molar-refractivity contribution in [3.63, 3.8) is 0 Å². The molecule has 5 heteroatoms. The fourth-order valence-electron chi connectivity index (χ4n) is 3.95. The van der Waals surface area contributed by atoms with Gasteiger partial charge >= 0.3 is 0 Å². The average Bonchev–Trinajstić information content (AvgIpc) is 2.96. The van der Waals surface area contributed by atoms with Gasteiger partial charge in [-0.1, -0.05) is 24.3 Å². The van der Waals surface area contributed by atoms with E-state index in [2.05, 4.69) is 16.3 Å². The van der Waals surface area contributed by atoms with Crippen molar-refractivity contribution in [2.45, 2.75) is 37.8 Å². The molecule has 0 spiro atoms. The van der Waals surface area contributed by atoms with Crippen LogP contribution in [0.15, 0.2) is 24.3 Å². The first-order chi connectivity index (χ1) is 11.7. The Morgan fingerprint density at radius 3 is 2.79 bits per heavy atom. The van der Waals surface area contributed by atoms with Crippen molar-refractivity contribution in [3.05, 3.63) is 35.4 Å². The van der Waals surface area contributed by atoms with E-state index in [-0.39, 0.29) is 17.9 Å². The number of aliphatic hydroxyl groups is 1. The van der Waals surface area contributed by atoms with Crippen LogP contribution in [-0.2, 0) is 16.0 Å². The van der Waals surface area contributed by atoms with Crippen LogP contribution < -0.4 is 5.32 Å². The van der Waals surface area contributed by atoms with E-state index in [4.69, 9.17) is 4.74 Å². The molecule has 1 aromatic carbocycles. The number of nitrogens with zero attached hydrogens (tertiary/aromatic N) is 1. The number of benzene rings is 1. The number of methoxy groups -OCH3 is 1. The quantitative estimate of drug-likeness (QED) is 0.775. The largest absolute Gasteiger partial charge is 0.387 e. The number of hydrogen-bond acceptors (Lipinski definition) is 4. The maximum absolute atomic E-state index is 12.2. The number of carbonyl (C=O) groups excluding carboxylic acids is 1. The van der Waals surface area contributed by atoms with Crippen molar-refractivity contribution in [1.29, 1.82) is 0 Å². The highest BCUT2D eigenvalue weighted by atomic mass is 16.5. The molecule has 132 valence electrons. The highest BCUT2D eigenvalue weighted by Gasteiger charge is 2.37. The summed E-state index contributed by atoms with van der Waals surface area (Å²) in [6, 6.07) is 8.32. The fraction of sp³-hybridized carbons (Fsp3) is 0.632. The second-order valence-corrected chi connectivity index (χ2v) is 6.86. The molecule has 1 amide bonds. The lowest BCUT2D eigenvalue weighted by atomic mass is 9.94. The maximum atomic E-state index is 12.2. The third kappa shape index (κ3) is 3.79. The maximum Gasteiger partial charge on any atom is 0.223 e. The summed E-state index contributed by atoms with van der Waals surface area (Å²) in [6.45, 7) is 3.13. The Morgan fingerprint density at radius 1 is 1.33 bits per heavy atom. The molecule has 2 N–H and O–H groups in total. The van der Waals surface area contributed by atoms with Crippen molar-refractivity contribution >= 4 is 5.91 Å². The summed E-state index contributed by atoms with van der Waals surface area (Å²) in [5.41, 5.74) is 2.33. The summed E-state index contributed by atoms with van der Waals surface area (Å²) >= 11 is 0. The van der Waals surface area contributed by atoms with Crippen LogP contribution in [0.25, 0.3) is 0 Å². The van der Waals surface area contributed by atoms with Gasteiger partial charge < -0.3 is 15.2 Å². The van der Waals surface area contributed by atoms with Crippen LogP contribution in [0.5, 0.6) is 0 Å². The molecule has 1 saturated heterocycles. The third-order valence-corrected chi connectivity index (χ3v) is 5.36. The summed E-state index contributed by atoms with van der Waals surface area (Å²) in [6.07, 6.45) is 3.10. The summed E-state index contributed by atoms with van der Waals surface area (Å²) < 4.78 is 5.00. The number of hydrogen-bond donors (Lipinski definition) is 2.